The maximum atomic E-state index is 11.2. The van der Waals surface area contributed by atoms with Crippen LogP contribution in [-0.4, -0.2) is 15.2 Å². The molecule has 0 spiro atoms. The Kier molecular flexibility index (Phi) is 9.16. The average molecular weight is 408 g/mol. The summed E-state index contributed by atoms with van der Waals surface area (Å²) in [6, 6.07) is 5.79. The minimum Gasteiger partial charge on any atom is -0.508 e. The molecule has 0 radical (unpaired) electrons. The van der Waals surface area contributed by atoms with Crippen LogP contribution >= 0.6 is 0 Å². The predicted octanol–water partition coefficient (Wildman–Crippen LogP) is 7.44. The number of hydrogen-bond acceptors (Lipinski definition) is 3. The van der Waals surface area contributed by atoms with Crippen molar-refractivity contribution in [1.29, 1.82) is 0 Å². The van der Waals surface area contributed by atoms with E-state index in [0.717, 1.165) is 60.9 Å². The van der Waals surface area contributed by atoms with Gasteiger partial charge in [0.25, 0.3) is 0 Å². The second kappa shape index (κ2) is 11.6. The number of aromatic nitrogens is 1. The second-order valence-corrected chi connectivity index (χ2v) is 8.47. The number of hydrogen-bond donors (Lipinski definition) is 2. The summed E-state index contributed by atoms with van der Waals surface area (Å²) >= 11 is 0. The number of phenolic OH excluding ortho intramolecular Hbond substituents is 2. The number of rotatable bonds is 10. The summed E-state index contributed by atoms with van der Waals surface area (Å²) in [6.45, 7) is 10.5. The Morgan fingerprint density at radius 3 is 2.50 bits per heavy atom. The summed E-state index contributed by atoms with van der Waals surface area (Å²) in [5.41, 5.74) is 6.89. The monoisotopic (exact) mass is 407 g/mol. The largest absolute Gasteiger partial charge is 0.508 e. The first-order chi connectivity index (χ1) is 14.3. The van der Waals surface area contributed by atoms with Crippen molar-refractivity contribution in [1.82, 2.24) is 4.98 Å². The molecule has 0 fully saturated rings. The van der Waals surface area contributed by atoms with Crippen LogP contribution in [0.4, 0.5) is 0 Å². The lowest BCUT2D eigenvalue weighted by Gasteiger charge is -2.17. The molecular formula is C27H37NO2. The number of benzene rings is 1. The number of allylic oxidation sites excluding steroid dienone is 4. The van der Waals surface area contributed by atoms with Crippen molar-refractivity contribution < 1.29 is 10.2 Å². The van der Waals surface area contributed by atoms with Gasteiger partial charge >= 0.3 is 0 Å². The first kappa shape index (κ1) is 23.7. The molecule has 1 heterocycles. The molecule has 1 aromatic carbocycles. The average Bonchev–Trinajstić information content (AvgIpc) is 2.67. The zero-order valence-corrected chi connectivity index (χ0v) is 19.3. The van der Waals surface area contributed by atoms with Crippen molar-refractivity contribution in [2.24, 2.45) is 0 Å². The number of nitrogens with zero attached hydrogens (tertiary/aromatic N) is 1. The molecule has 30 heavy (non-hydrogen) atoms. The highest BCUT2D eigenvalue weighted by Gasteiger charge is 2.18. The maximum Gasteiger partial charge on any atom is 0.130 e. The molecule has 0 bridgehead atoms. The minimum absolute atomic E-state index is 0.182. The van der Waals surface area contributed by atoms with Crippen LogP contribution in [0.2, 0.25) is 0 Å². The molecule has 0 saturated carbocycles. The van der Waals surface area contributed by atoms with Crippen LogP contribution in [0.25, 0.3) is 11.1 Å². The van der Waals surface area contributed by atoms with Crippen LogP contribution in [0.5, 0.6) is 11.5 Å². The SMILES string of the molecule is CCCCCc1cc(O)c(CC=C(C)CCC=C(C)C)c(O)c1-c1ccnc(C)c1. The molecule has 0 amide bonds. The van der Waals surface area contributed by atoms with Gasteiger partial charge in [0, 0.05) is 23.0 Å². The Morgan fingerprint density at radius 1 is 1.07 bits per heavy atom. The van der Waals surface area contributed by atoms with Crippen molar-refractivity contribution in [3.8, 4) is 22.6 Å². The molecule has 162 valence electrons. The molecule has 0 atom stereocenters. The minimum atomic E-state index is 0.182. The van der Waals surface area contributed by atoms with Crippen molar-refractivity contribution in [3.63, 3.8) is 0 Å². The van der Waals surface area contributed by atoms with E-state index in [1.807, 2.05) is 25.1 Å². The number of aryl methyl sites for hydroxylation is 2. The third-order valence-corrected chi connectivity index (χ3v) is 5.44. The lowest BCUT2D eigenvalue weighted by atomic mass is 9.91. The highest BCUT2D eigenvalue weighted by atomic mass is 16.3. The smallest absolute Gasteiger partial charge is 0.130 e. The van der Waals surface area contributed by atoms with E-state index in [9.17, 15) is 10.2 Å². The number of phenols is 2. The molecule has 3 heteroatoms. The Hall–Kier alpha value is -2.55. The fourth-order valence-corrected chi connectivity index (χ4v) is 3.70. The van der Waals surface area contributed by atoms with Crippen molar-refractivity contribution in [2.75, 3.05) is 0 Å². The van der Waals surface area contributed by atoms with Gasteiger partial charge in [-0.15, -0.1) is 0 Å². The van der Waals surface area contributed by atoms with Crippen LogP contribution in [-0.2, 0) is 12.8 Å². The first-order valence-electron chi connectivity index (χ1n) is 11.1. The topological polar surface area (TPSA) is 53.4 Å². The van der Waals surface area contributed by atoms with Crippen molar-refractivity contribution in [2.45, 2.75) is 79.6 Å². The quantitative estimate of drug-likeness (QED) is 0.318. The molecular weight excluding hydrogens is 370 g/mol. The van der Waals surface area contributed by atoms with Gasteiger partial charge in [-0.3, -0.25) is 4.98 Å². The molecule has 1 aromatic heterocycles. The van der Waals surface area contributed by atoms with Gasteiger partial charge in [0.05, 0.1) is 0 Å². The van der Waals surface area contributed by atoms with Gasteiger partial charge in [-0.2, -0.15) is 0 Å². The van der Waals surface area contributed by atoms with Crippen LogP contribution in [0.3, 0.4) is 0 Å². The lowest BCUT2D eigenvalue weighted by Crippen LogP contribution is -1.97. The second-order valence-electron chi connectivity index (χ2n) is 8.47. The van der Waals surface area contributed by atoms with Crippen molar-refractivity contribution >= 4 is 0 Å². The van der Waals surface area contributed by atoms with Crippen molar-refractivity contribution in [3.05, 3.63) is 64.5 Å². The maximum absolute atomic E-state index is 11.2. The summed E-state index contributed by atoms with van der Waals surface area (Å²) in [5, 5.41) is 21.9. The molecule has 0 aliphatic carbocycles. The third-order valence-electron chi connectivity index (χ3n) is 5.44. The van der Waals surface area contributed by atoms with E-state index in [4.69, 9.17) is 0 Å². The first-order valence-corrected chi connectivity index (χ1v) is 11.1. The number of unbranched alkanes of at least 4 members (excludes halogenated alkanes) is 2. The summed E-state index contributed by atoms with van der Waals surface area (Å²) in [5.74, 6) is 0.377. The zero-order chi connectivity index (χ0) is 22.1. The molecule has 2 N–H and O–H groups in total. The molecule has 0 aliphatic heterocycles. The van der Waals surface area contributed by atoms with Gasteiger partial charge in [0.2, 0.25) is 0 Å². The van der Waals surface area contributed by atoms with E-state index in [0.29, 0.717) is 12.0 Å². The van der Waals surface area contributed by atoms with Crippen LogP contribution in [0.1, 0.15) is 76.6 Å². The highest BCUT2D eigenvalue weighted by Crippen LogP contribution is 2.41. The van der Waals surface area contributed by atoms with Gasteiger partial charge in [0.15, 0.2) is 0 Å². The fourth-order valence-electron chi connectivity index (χ4n) is 3.70. The van der Waals surface area contributed by atoms with Crippen LogP contribution < -0.4 is 0 Å². The molecule has 0 saturated heterocycles. The molecule has 3 nitrogen and oxygen atoms in total. The van der Waals surface area contributed by atoms with Gasteiger partial charge < -0.3 is 10.2 Å². The van der Waals surface area contributed by atoms with Crippen LogP contribution in [0, 0.1) is 6.92 Å². The van der Waals surface area contributed by atoms with E-state index < -0.39 is 0 Å². The van der Waals surface area contributed by atoms with E-state index in [-0.39, 0.29) is 11.5 Å². The normalized spacial score (nSPS) is 11.6. The highest BCUT2D eigenvalue weighted by molar-refractivity contribution is 5.77. The van der Waals surface area contributed by atoms with E-state index >= 15 is 0 Å². The van der Waals surface area contributed by atoms with Gasteiger partial charge in [-0.25, -0.2) is 0 Å². The van der Waals surface area contributed by atoms with Gasteiger partial charge in [-0.1, -0.05) is 43.1 Å². The van der Waals surface area contributed by atoms with E-state index in [1.54, 1.807) is 6.20 Å². The zero-order valence-electron chi connectivity index (χ0n) is 19.3. The molecule has 2 aromatic rings. The number of aromatic hydroxyl groups is 2. The predicted molar refractivity (Wildman–Crippen MR) is 127 cm³/mol. The molecule has 0 aliphatic rings. The fraction of sp³-hybridized carbons (Fsp3) is 0.444. The molecule has 0 unspecified atom stereocenters. The summed E-state index contributed by atoms with van der Waals surface area (Å²) in [4.78, 5) is 4.30. The Balaban J connectivity index is 2.39. The molecule has 2 rings (SSSR count). The standard InChI is InChI=1S/C27H37NO2/c1-6-7-8-12-22-18-25(29)24(14-13-20(4)11-9-10-19(2)3)27(30)26(22)23-15-16-28-21(5)17-23/h10,13,15-18,29-30H,6-9,11-12,14H2,1-5H3. The van der Waals surface area contributed by atoms with E-state index in [2.05, 4.69) is 44.8 Å². The third kappa shape index (κ3) is 6.76. The summed E-state index contributed by atoms with van der Waals surface area (Å²) < 4.78 is 0. The Bertz CT molecular complexity index is 905. The lowest BCUT2D eigenvalue weighted by molar-refractivity contribution is 0.440. The van der Waals surface area contributed by atoms with Gasteiger partial charge in [-0.05, 0) is 89.1 Å². The van der Waals surface area contributed by atoms with E-state index in [1.165, 1.54) is 11.1 Å². The summed E-state index contributed by atoms with van der Waals surface area (Å²) in [7, 11) is 0. The van der Waals surface area contributed by atoms with Crippen LogP contribution in [0.15, 0.2) is 47.7 Å². The van der Waals surface area contributed by atoms with Gasteiger partial charge in [0.1, 0.15) is 11.5 Å². The Labute approximate surface area is 182 Å². The summed E-state index contributed by atoms with van der Waals surface area (Å²) in [6.07, 6.45) is 12.8. The Morgan fingerprint density at radius 2 is 1.83 bits per heavy atom. The number of pyridine rings is 1.